The van der Waals surface area contributed by atoms with Crippen LogP contribution in [-0.4, -0.2) is 5.88 Å². The van der Waals surface area contributed by atoms with Gasteiger partial charge in [-0.1, -0.05) is 12.1 Å². The normalized spacial score (nSPS) is 10.2. The standard InChI is InChI=1S/C9H10BrClS/c10-9-7(4-2-6-11)3-1-5-8(9)12/h1,3,5,12H,2,4,6H2. The van der Waals surface area contributed by atoms with Crippen LogP contribution in [0.1, 0.15) is 12.0 Å². The van der Waals surface area contributed by atoms with Crippen molar-refractivity contribution in [1.82, 2.24) is 0 Å². The molecule has 0 spiro atoms. The van der Waals surface area contributed by atoms with Gasteiger partial charge in [0.05, 0.1) is 0 Å². The van der Waals surface area contributed by atoms with E-state index in [0.717, 1.165) is 22.2 Å². The van der Waals surface area contributed by atoms with Gasteiger partial charge in [0.1, 0.15) is 0 Å². The molecule has 0 radical (unpaired) electrons. The molecule has 0 heterocycles. The molecule has 0 aliphatic carbocycles. The molecule has 0 aliphatic heterocycles. The molecule has 0 saturated carbocycles. The molecule has 1 aromatic rings. The van der Waals surface area contributed by atoms with Crippen LogP contribution in [0.4, 0.5) is 0 Å². The fraction of sp³-hybridized carbons (Fsp3) is 0.333. The lowest BCUT2D eigenvalue weighted by Gasteiger charge is -2.04. The molecule has 0 saturated heterocycles. The fourth-order valence-corrected chi connectivity index (χ4v) is 1.84. The second-order valence-corrected chi connectivity index (χ2v) is 4.20. The molecule has 66 valence electrons. The first kappa shape index (κ1) is 10.4. The van der Waals surface area contributed by atoms with Gasteiger partial charge in [-0.2, -0.15) is 0 Å². The number of thiol groups is 1. The van der Waals surface area contributed by atoms with E-state index in [1.807, 2.05) is 12.1 Å². The van der Waals surface area contributed by atoms with E-state index in [1.54, 1.807) is 0 Å². The molecule has 0 aromatic heterocycles. The Kier molecular flexibility index (Phi) is 4.47. The van der Waals surface area contributed by atoms with Crippen LogP contribution in [0.5, 0.6) is 0 Å². The van der Waals surface area contributed by atoms with Crippen molar-refractivity contribution in [3.05, 3.63) is 28.2 Å². The molecule has 3 heteroatoms. The second kappa shape index (κ2) is 5.15. The molecule has 0 aliphatic rings. The lowest BCUT2D eigenvalue weighted by atomic mass is 10.1. The van der Waals surface area contributed by atoms with Gasteiger partial charge < -0.3 is 0 Å². The van der Waals surface area contributed by atoms with Gasteiger partial charge in [0.15, 0.2) is 0 Å². The summed E-state index contributed by atoms with van der Waals surface area (Å²) in [6.07, 6.45) is 2.02. The van der Waals surface area contributed by atoms with Gasteiger partial charge in [-0.05, 0) is 40.4 Å². The molecule has 0 fully saturated rings. The number of halogens is 2. The number of benzene rings is 1. The Morgan fingerprint density at radius 3 is 2.83 bits per heavy atom. The van der Waals surface area contributed by atoms with Gasteiger partial charge in [0.25, 0.3) is 0 Å². The smallest absolute Gasteiger partial charge is 0.0340 e. The molecular formula is C9H10BrClS. The van der Waals surface area contributed by atoms with Crippen LogP contribution in [0.2, 0.25) is 0 Å². The molecule has 1 rings (SSSR count). The van der Waals surface area contributed by atoms with Crippen LogP contribution in [0.25, 0.3) is 0 Å². The first-order valence-electron chi connectivity index (χ1n) is 3.78. The minimum absolute atomic E-state index is 0.712. The Bertz CT molecular complexity index is 263. The van der Waals surface area contributed by atoms with Crippen LogP contribution >= 0.6 is 40.2 Å². The van der Waals surface area contributed by atoms with Crippen molar-refractivity contribution in [1.29, 1.82) is 0 Å². The number of rotatable bonds is 3. The molecule has 0 nitrogen and oxygen atoms in total. The highest BCUT2D eigenvalue weighted by molar-refractivity contribution is 9.10. The quantitative estimate of drug-likeness (QED) is 0.622. The fourth-order valence-electron chi connectivity index (χ4n) is 1.02. The summed E-state index contributed by atoms with van der Waals surface area (Å²) in [5.41, 5.74) is 1.28. The van der Waals surface area contributed by atoms with Gasteiger partial charge in [-0.15, -0.1) is 24.2 Å². The van der Waals surface area contributed by atoms with Gasteiger partial charge >= 0.3 is 0 Å². The topological polar surface area (TPSA) is 0 Å². The van der Waals surface area contributed by atoms with Crippen LogP contribution < -0.4 is 0 Å². The lowest BCUT2D eigenvalue weighted by molar-refractivity contribution is 0.918. The molecule has 0 unspecified atom stereocenters. The minimum atomic E-state index is 0.712. The maximum atomic E-state index is 5.61. The molecule has 12 heavy (non-hydrogen) atoms. The van der Waals surface area contributed by atoms with Crippen molar-refractivity contribution in [3.8, 4) is 0 Å². The van der Waals surface area contributed by atoms with Crippen molar-refractivity contribution in [2.45, 2.75) is 17.7 Å². The average Bonchev–Trinajstić information content (AvgIpc) is 2.08. The predicted octanol–water partition coefficient (Wildman–Crippen LogP) is 3.91. The summed E-state index contributed by atoms with van der Waals surface area (Å²) in [6.45, 7) is 0. The number of hydrogen-bond donors (Lipinski definition) is 1. The van der Waals surface area contributed by atoms with Crippen LogP contribution in [0.3, 0.4) is 0 Å². The Balaban J connectivity index is 2.78. The summed E-state index contributed by atoms with van der Waals surface area (Å²) in [5, 5.41) is 0. The van der Waals surface area contributed by atoms with Crippen LogP contribution in [-0.2, 0) is 6.42 Å². The van der Waals surface area contributed by atoms with Gasteiger partial charge in [-0.25, -0.2) is 0 Å². The predicted molar refractivity (Wildman–Crippen MR) is 60.4 cm³/mol. The van der Waals surface area contributed by atoms with E-state index in [-0.39, 0.29) is 0 Å². The third kappa shape index (κ3) is 2.68. The van der Waals surface area contributed by atoms with Gasteiger partial charge in [0.2, 0.25) is 0 Å². The van der Waals surface area contributed by atoms with E-state index in [9.17, 15) is 0 Å². The van der Waals surface area contributed by atoms with E-state index in [4.69, 9.17) is 11.6 Å². The SMILES string of the molecule is Sc1cccc(CCCCl)c1Br. The summed E-state index contributed by atoms with van der Waals surface area (Å²) < 4.78 is 1.10. The Morgan fingerprint density at radius 2 is 2.17 bits per heavy atom. The Morgan fingerprint density at radius 1 is 1.42 bits per heavy atom. The highest BCUT2D eigenvalue weighted by atomic mass is 79.9. The first-order valence-corrected chi connectivity index (χ1v) is 5.55. The molecule has 1 aromatic carbocycles. The monoisotopic (exact) mass is 264 g/mol. The first-order chi connectivity index (χ1) is 5.75. The van der Waals surface area contributed by atoms with Crippen molar-refractivity contribution >= 4 is 40.2 Å². The van der Waals surface area contributed by atoms with E-state index in [0.29, 0.717) is 5.88 Å². The van der Waals surface area contributed by atoms with Gasteiger partial charge in [0, 0.05) is 15.2 Å². The Hall–Kier alpha value is 0.340. The van der Waals surface area contributed by atoms with Crippen molar-refractivity contribution in [3.63, 3.8) is 0 Å². The number of hydrogen-bond acceptors (Lipinski definition) is 1. The van der Waals surface area contributed by atoms with E-state index < -0.39 is 0 Å². The zero-order valence-electron chi connectivity index (χ0n) is 6.56. The molecule has 0 amide bonds. The van der Waals surface area contributed by atoms with E-state index in [1.165, 1.54) is 5.56 Å². The van der Waals surface area contributed by atoms with Crippen molar-refractivity contribution < 1.29 is 0 Å². The molecule has 0 bridgehead atoms. The maximum Gasteiger partial charge on any atom is 0.0340 e. The number of aryl methyl sites for hydroxylation is 1. The van der Waals surface area contributed by atoms with Crippen LogP contribution in [0.15, 0.2) is 27.6 Å². The second-order valence-electron chi connectivity index (χ2n) is 2.54. The summed E-state index contributed by atoms with van der Waals surface area (Å²) in [4.78, 5) is 0.988. The molecular weight excluding hydrogens is 256 g/mol. The summed E-state index contributed by atoms with van der Waals surface area (Å²) >= 11 is 13.4. The average molecular weight is 266 g/mol. The van der Waals surface area contributed by atoms with E-state index >= 15 is 0 Å². The molecule has 0 N–H and O–H groups in total. The largest absolute Gasteiger partial charge is 0.142 e. The summed E-state index contributed by atoms with van der Waals surface area (Å²) in [5.74, 6) is 0.712. The highest BCUT2D eigenvalue weighted by Gasteiger charge is 2.01. The van der Waals surface area contributed by atoms with Crippen LogP contribution in [0, 0.1) is 0 Å². The highest BCUT2D eigenvalue weighted by Crippen LogP contribution is 2.25. The van der Waals surface area contributed by atoms with E-state index in [2.05, 4.69) is 34.6 Å². The Labute approximate surface area is 91.9 Å². The molecule has 0 atom stereocenters. The van der Waals surface area contributed by atoms with Crippen molar-refractivity contribution in [2.24, 2.45) is 0 Å². The zero-order chi connectivity index (χ0) is 8.97. The third-order valence-corrected chi connectivity index (χ3v) is 3.52. The zero-order valence-corrected chi connectivity index (χ0v) is 9.79. The minimum Gasteiger partial charge on any atom is -0.142 e. The summed E-state index contributed by atoms with van der Waals surface area (Å²) in [7, 11) is 0. The van der Waals surface area contributed by atoms with Gasteiger partial charge in [-0.3, -0.25) is 0 Å². The van der Waals surface area contributed by atoms with Crippen molar-refractivity contribution in [2.75, 3.05) is 5.88 Å². The summed E-state index contributed by atoms with van der Waals surface area (Å²) in [6, 6.07) is 6.07. The number of alkyl halides is 1. The third-order valence-electron chi connectivity index (χ3n) is 1.64. The maximum absolute atomic E-state index is 5.61. The lowest BCUT2D eigenvalue weighted by Crippen LogP contribution is -1.88.